The number of carbonyl (C=O) groups excluding carboxylic acids is 1. The first-order valence-corrected chi connectivity index (χ1v) is 9.22. The summed E-state index contributed by atoms with van der Waals surface area (Å²) in [4.78, 5) is 12.3. The lowest BCUT2D eigenvalue weighted by Crippen LogP contribution is -2.42. The lowest BCUT2D eigenvalue weighted by atomic mass is 9.87. The zero-order valence-corrected chi connectivity index (χ0v) is 16.8. The second kappa shape index (κ2) is 7.79. The minimum atomic E-state index is -0.792. The molecule has 1 aliphatic heterocycles. The number of carbonyl (C=O) groups is 1. The summed E-state index contributed by atoms with van der Waals surface area (Å²) in [5.74, 6) is 0.771. The summed E-state index contributed by atoms with van der Waals surface area (Å²) in [6.07, 6.45) is 0.640. The van der Waals surface area contributed by atoms with Crippen LogP contribution in [0.25, 0.3) is 0 Å². The van der Waals surface area contributed by atoms with Gasteiger partial charge in [-0.15, -0.1) is 0 Å². The molecular weight excluding hydrogens is 387 g/mol. The van der Waals surface area contributed by atoms with Gasteiger partial charge in [0.1, 0.15) is 6.61 Å². The molecule has 2 aromatic carbocycles. The highest BCUT2D eigenvalue weighted by Gasteiger charge is 2.28. The summed E-state index contributed by atoms with van der Waals surface area (Å²) in [6.45, 7) is 6.44. The highest BCUT2D eigenvalue weighted by atomic mass is 35.5. The SMILES string of the molecule is CC(C)(C)c1ccc2c(c1)OC(C(=O)NN=Cc1cccc(Cl)c1Cl)CO2. The average Bonchev–Trinajstić information content (AvgIpc) is 2.63. The van der Waals surface area contributed by atoms with Gasteiger partial charge >= 0.3 is 0 Å². The van der Waals surface area contributed by atoms with E-state index in [1.807, 2.05) is 18.2 Å². The third kappa shape index (κ3) is 4.54. The Morgan fingerprint density at radius 2 is 2.00 bits per heavy atom. The lowest BCUT2D eigenvalue weighted by Gasteiger charge is -2.27. The van der Waals surface area contributed by atoms with Crippen molar-refractivity contribution >= 4 is 35.3 Å². The van der Waals surface area contributed by atoms with Gasteiger partial charge in [0.25, 0.3) is 5.91 Å². The number of ether oxygens (including phenoxy) is 2. The summed E-state index contributed by atoms with van der Waals surface area (Å²) in [5, 5.41) is 4.72. The van der Waals surface area contributed by atoms with Crippen LogP contribution in [0, 0.1) is 0 Å². The molecule has 1 heterocycles. The van der Waals surface area contributed by atoms with Crippen LogP contribution in [0.3, 0.4) is 0 Å². The van der Waals surface area contributed by atoms with Crippen LogP contribution >= 0.6 is 23.2 Å². The van der Waals surface area contributed by atoms with Gasteiger partial charge in [0, 0.05) is 5.56 Å². The first-order valence-electron chi connectivity index (χ1n) is 8.46. The molecule has 27 heavy (non-hydrogen) atoms. The molecule has 0 saturated heterocycles. The minimum absolute atomic E-state index is 0.0336. The Balaban J connectivity index is 1.67. The van der Waals surface area contributed by atoms with Crippen LogP contribution in [0.1, 0.15) is 31.9 Å². The van der Waals surface area contributed by atoms with Crippen LogP contribution in [0.15, 0.2) is 41.5 Å². The van der Waals surface area contributed by atoms with Crippen LogP contribution in [0.5, 0.6) is 11.5 Å². The van der Waals surface area contributed by atoms with E-state index in [0.29, 0.717) is 27.1 Å². The van der Waals surface area contributed by atoms with Gasteiger partial charge in [-0.1, -0.05) is 62.2 Å². The molecule has 0 spiro atoms. The van der Waals surface area contributed by atoms with E-state index in [9.17, 15) is 4.79 Å². The normalized spacial score (nSPS) is 16.4. The number of halogens is 2. The van der Waals surface area contributed by atoms with E-state index in [4.69, 9.17) is 32.7 Å². The summed E-state index contributed by atoms with van der Waals surface area (Å²) in [6, 6.07) is 10.9. The summed E-state index contributed by atoms with van der Waals surface area (Å²) in [5.41, 5.74) is 4.11. The number of hydrogen-bond acceptors (Lipinski definition) is 4. The molecule has 1 aliphatic rings. The second-order valence-corrected chi connectivity index (χ2v) is 7.99. The number of fused-ring (bicyclic) bond motifs is 1. The highest BCUT2D eigenvalue weighted by molar-refractivity contribution is 6.43. The molecule has 142 valence electrons. The van der Waals surface area contributed by atoms with E-state index in [0.717, 1.165) is 5.56 Å². The molecule has 0 fully saturated rings. The van der Waals surface area contributed by atoms with E-state index in [1.165, 1.54) is 6.21 Å². The number of nitrogens with zero attached hydrogens (tertiary/aromatic N) is 1. The molecule has 0 aliphatic carbocycles. The molecule has 1 amide bonds. The fraction of sp³-hybridized carbons (Fsp3) is 0.300. The number of rotatable bonds is 3. The van der Waals surface area contributed by atoms with Gasteiger partial charge < -0.3 is 9.47 Å². The Labute approximate surface area is 168 Å². The summed E-state index contributed by atoms with van der Waals surface area (Å²) >= 11 is 12.0. The van der Waals surface area contributed by atoms with Gasteiger partial charge in [-0.25, -0.2) is 5.43 Å². The van der Waals surface area contributed by atoms with Crippen molar-refractivity contribution in [3.63, 3.8) is 0 Å². The number of benzene rings is 2. The zero-order valence-electron chi connectivity index (χ0n) is 15.3. The van der Waals surface area contributed by atoms with Crippen molar-refractivity contribution in [3.8, 4) is 11.5 Å². The fourth-order valence-electron chi connectivity index (χ4n) is 2.53. The number of nitrogens with one attached hydrogen (secondary N) is 1. The first-order chi connectivity index (χ1) is 12.8. The van der Waals surface area contributed by atoms with Crippen molar-refractivity contribution in [3.05, 3.63) is 57.6 Å². The number of hydrogen-bond donors (Lipinski definition) is 1. The van der Waals surface area contributed by atoms with E-state index >= 15 is 0 Å². The molecule has 7 heteroatoms. The molecule has 1 N–H and O–H groups in total. The van der Waals surface area contributed by atoms with Crippen molar-refractivity contribution in [1.82, 2.24) is 5.43 Å². The molecule has 1 unspecified atom stereocenters. The van der Waals surface area contributed by atoms with E-state index in [2.05, 4.69) is 31.3 Å². The molecule has 0 saturated carbocycles. The van der Waals surface area contributed by atoms with Crippen molar-refractivity contribution in [1.29, 1.82) is 0 Å². The van der Waals surface area contributed by atoms with Crippen molar-refractivity contribution in [2.24, 2.45) is 5.10 Å². The molecule has 5 nitrogen and oxygen atoms in total. The fourth-order valence-corrected chi connectivity index (χ4v) is 2.88. The molecule has 3 rings (SSSR count). The lowest BCUT2D eigenvalue weighted by molar-refractivity contribution is -0.130. The molecule has 0 aromatic heterocycles. The smallest absolute Gasteiger partial charge is 0.284 e. The first kappa shape index (κ1) is 19.5. The maximum atomic E-state index is 12.3. The Kier molecular flexibility index (Phi) is 5.63. The average molecular weight is 407 g/mol. The van der Waals surface area contributed by atoms with Crippen molar-refractivity contribution in [2.75, 3.05) is 6.61 Å². The van der Waals surface area contributed by atoms with Crippen LogP contribution in [-0.4, -0.2) is 24.8 Å². The summed E-state index contributed by atoms with van der Waals surface area (Å²) < 4.78 is 11.5. The van der Waals surface area contributed by atoms with E-state index in [-0.39, 0.29) is 12.0 Å². The minimum Gasteiger partial charge on any atom is -0.485 e. The molecule has 1 atom stereocenters. The number of hydrazone groups is 1. The Morgan fingerprint density at radius 3 is 2.74 bits per heavy atom. The van der Waals surface area contributed by atoms with Crippen LogP contribution in [0.2, 0.25) is 10.0 Å². The topological polar surface area (TPSA) is 59.9 Å². The quantitative estimate of drug-likeness (QED) is 0.599. The molecular formula is C20H20Cl2N2O3. The number of amides is 1. The zero-order chi connectivity index (χ0) is 19.6. The maximum absolute atomic E-state index is 12.3. The van der Waals surface area contributed by atoms with Gasteiger partial charge in [-0.3, -0.25) is 4.79 Å². The van der Waals surface area contributed by atoms with E-state index in [1.54, 1.807) is 18.2 Å². The predicted octanol–water partition coefficient (Wildman–Crippen LogP) is 4.58. The monoisotopic (exact) mass is 406 g/mol. The van der Waals surface area contributed by atoms with E-state index < -0.39 is 12.0 Å². The van der Waals surface area contributed by atoms with Crippen LogP contribution < -0.4 is 14.9 Å². The van der Waals surface area contributed by atoms with Crippen molar-refractivity contribution in [2.45, 2.75) is 32.3 Å². The van der Waals surface area contributed by atoms with Crippen LogP contribution in [0.4, 0.5) is 0 Å². The van der Waals surface area contributed by atoms with Gasteiger partial charge in [-0.05, 0) is 29.2 Å². The Morgan fingerprint density at radius 1 is 1.22 bits per heavy atom. The Hall–Kier alpha value is -2.24. The second-order valence-electron chi connectivity index (χ2n) is 7.21. The third-order valence-electron chi connectivity index (χ3n) is 4.12. The largest absolute Gasteiger partial charge is 0.485 e. The van der Waals surface area contributed by atoms with Crippen LogP contribution in [-0.2, 0) is 10.2 Å². The van der Waals surface area contributed by atoms with Gasteiger partial charge in [-0.2, -0.15) is 5.10 Å². The summed E-state index contributed by atoms with van der Waals surface area (Å²) in [7, 11) is 0. The highest BCUT2D eigenvalue weighted by Crippen LogP contribution is 2.36. The molecule has 0 radical (unpaired) electrons. The maximum Gasteiger partial charge on any atom is 0.284 e. The Bertz CT molecular complexity index is 891. The molecule has 2 aromatic rings. The van der Waals surface area contributed by atoms with Crippen molar-refractivity contribution < 1.29 is 14.3 Å². The van der Waals surface area contributed by atoms with Gasteiger partial charge in [0.05, 0.1) is 16.3 Å². The van der Waals surface area contributed by atoms with Gasteiger partial charge in [0.2, 0.25) is 6.10 Å². The predicted molar refractivity (Wildman–Crippen MR) is 107 cm³/mol. The third-order valence-corrected chi connectivity index (χ3v) is 4.95. The molecule has 0 bridgehead atoms. The standard InChI is InChI=1S/C20H20Cl2N2O3/c1-20(2,3)13-7-8-15-16(9-13)27-17(11-26-15)19(25)24-23-10-12-5-4-6-14(21)18(12)22/h4-10,17H,11H2,1-3H3,(H,24,25). The van der Waals surface area contributed by atoms with Gasteiger partial charge in [0.15, 0.2) is 11.5 Å².